The average molecular weight is 264 g/mol. The highest BCUT2D eigenvalue weighted by molar-refractivity contribution is 6.30. The van der Waals surface area contributed by atoms with E-state index in [4.69, 9.17) is 21.9 Å². The monoisotopic (exact) mass is 263 g/mol. The van der Waals surface area contributed by atoms with Gasteiger partial charge in [-0.25, -0.2) is 0 Å². The number of nitrogens with two attached hydrogens (primary N) is 1. The molecule has 0 radical (unpaired) electrons. The Morgan fingerprint density at radius 3 is 2.50 bits per heavy atom. The zero-order valence-corrected chi connectivity index (χ0v) is 10.7. The second kappa shape index (κ2) is 4.37. The van der Waals surface area contributed by atoms with Gasteiger partial charge in [-0.15, -0.1) is 0 Å². The normalized spacial score (nSPS) is 18.1. The highest BCUT2D eigenvalue weighted by atomic mass is 35.5. The zero-order chi connectivity index (χ0) is 12.6. The summed E-state index contributed by atoms with van der Waals surface area (Å²) in [6.45, 7) is 0. The Morgan fingerprint density at radius 2 is 1.83 bits per heavy atom. The molecule has 4 nitrogen and oxygen atoms in total. The lowest BCUT2D eigenvalue weighted by Crippen LogP contribution is -2.33. The van der Waals surface area contributed by atoms with Crippen LogP contribution in [0.5, 0.6) is 0 Å². The molecule has 5 heteroatoms. The first kappa shape index (κ1) is 11.7. The highest BCUT2D eigenvalue weighted by Gasteiger charge is 2.36. The van der Waals surface area contributed by atoms with Gasteiger partial charge in [0, 0.05) is 10.6 Å². The number of halogens is 1. The van der Waals surface area contributed by atoms with E-state index in [9.17, 15) is 0 Å². The van der Waals surface area contributed by atoms with Gasteiger partial charge in [0.05, 0.1) is 5.54 Å². The van der Waals surface area contributed by atoms with E-state index in [0.717, 1.165) is 31.2 Å². The molecule has 1 heterocycles. The van der Waals surface area contributed by atoms with Gasteiger partial charge in [0.1, 0.15) is 0 Å². The van der Waals surface area contributed by atoms with Crippen molar-refractivity contribution in [2.75, 3.05) is 0 Å². The zero-order valence-electron chi connectivity index (χ0n) is 9.90. The SMILES string of the molecule is NC1(c2nc(-c3ccc(Cl)cc3)no2)CCCC1. The van der Waals surface area contributed by atoms with Crippen LogP contribution in [-0.4, -0.2) is 10.1 Å². The number of hydrogen-bond donors (Lipinski definition) is 1. The van der Waals surface area contributed by atoms with Gasteiger partial charge in [0.2, 0.25) is 11.7 Å². The van der Waals surface area contributed by atoms with E-state index in [-0.39, 0.29) is 0 Å². The van der Waals surface area contributed by atoms with Crippen molar-refractivity contribution in [3.63, 3.8) is 0 Å². The van der Waals surface area contributed by atoms with Crippen LogP contribution in [0.15, 0.2) is 28.8 Å². The van der Waals surface area contributed by atoms with Gasteiger partial charge in [0.15, 0.2) is 0 Å². The fourth-order valence-electron chi connectivity index (χ4n) is 2.36. The Morgan fingerprint density at radius 1 is 1.17 bits per heavy atom. The molecule has 94 valence electrons. The van der Waals surface area contributed by atoms with Crippen LogP contribution < -0.4 is 5.73 Å². The van der Waals surface area contributed by atoms with E-state index in [2.05, 4.69) is 10.1 Å². The van der Waals surface area contributed by atoms with E-state index in [1.54, 1.807) is 12.1 Å². The number of hydrogen-bond acceptors (Lipinski definition) is 4. The Balaban J connectivity index is 1.91. The molecular formula is C13H14ClN3O. The predicted molar refractivity (Wildman–Crippen MR) is 69.1 cm³/mol. The molecule has 2 N–H and O–H groups in total. The van der Waals surface area contributed by atoms with Crippen LogP contribution in [0.1, 0.15) is 31.6 Å². The van der Waals surface area contributed by atoms with Crippen molar-refractivity contribution < 1.29 is 4.52 Å². The van der Waals surface area contributed by atoms with Crippen molar-refractivity contribution in [1.29, 1.82) is 0 Å². The molecular weight excluding hydrogens is 250 g/mol. The average Bonchev–Trinajstić information content (AvgIpc) is 2.99. The van der Waals surface area contributed by atoms with Crippen LogP contribution >= 0.6 is 11.6 Å². The van der Waals surface area contributed by atoms with Gasteiger partial charge in [-0.1, -0.05) is 29.6 Å². The first-order valence-electron chi connectivity index (χ1n) is 6.06. The van der Waals surface area contributed by atoms with E-state index >= 15 is 0 Å². The minimum atomic E-state index is -0.433. The number of nitrogens with zero attached hydrogens (tertiary/aromatic N) is 2. The standard InChI is InChI=1S/C13H14ClN3O/c14-10-5-3-9(4-6-10)11-16-12(18-17-11)13(15)7-1-2-8-13/h3-6H,1-2,7-8,15H2. The minimum Gasteiger partial charge on any atom is -0.337 e. The van der Waals surface area contributed by atoms with Crippen LogP contribution in [0, 0.1) is 0 Å². The third kappa shape index (κ3) is 2.02. The van der Waals surface area contributed by atoms with Crippen molar-refractivity contribution in [1.82, 2.24) is 10.1 Å². The van der Waals surface area contributed by atoms with Gasteiger partial charge in [0.25, 0.3) is 0 Å². The summed E-state index contributed by atoms with van der Waals surface area (Å²) in [4.78, 5) is 4.42. The Kier molecular flexibility index (Phi) is 2.84. The lowest BCUT2D eigenvalue weighted by atomic mass is 9.99. The molecule has 0 aliphatic heterocycles. The molecule has 0 unspecified atom stereocenters. The number of rotatable bonds is 2. The largest absolute Gasteiger partial charge is 0.337 e. The molecule has 1 fully saturated rings. The first-order chi connectivity index (χ1) is 8.67. The van der Waals surface area contributed by atoms with Crippen LogP contribution in [-0.2, 0) is 5.54 Å². The molecule has 1 saturated carbocycles. The molecule has 2 aromatic rings. The van der Waals surface area contributed by atoms with Gasteiger partial charge in [-0.2, -0.15) is 4.98 Å². The third-order valence-electron chi connectivity index (χ3n) is 3.45. The smallest absolute Gasteiger partial charge is 0.247 e. The summed E-state index contributed by atoms with van der Waals surface area (Å²) in [6, 6.07) is 7.35. The summed E-state index contributed by atoms with van der Waals surface area (Å²) in [7, 11) is 0. The topological polar surface area (TPSA) is 64.9 Å². The number of benzene rings is 1. The van der Waals surface area contributed by atoms with Gasteiger partial charge in [-0.3, -0.25) is 0 Å². The van der Waals surface area contributed by atoms with Crippen LogP contribution in [0.2, 0.25) is 5.02 Å². The number of aromatic nitrogens is 2. The first-order valence-corrected chi connectivity index (χ1v) is 6.44. The van der Waals surface area contributed by atoms with E-state index < -0.39 is 5.54 Å². The van der Waals surface area contributed by atoms with Crippen molar-refractivity contribution >= 4 is 11.6 Å². The van der Waals surface area contributed by atoms with Crippen LogP contribution in [0.3, 0.4) is 0 Å². The van der Waals surface area contributed by atoms with E-state index in [0.29, 0.717) is 16.7 Å². The van der Waals surface area contributed by atoms with Crippen molar-refractivity contribution in [3.8, 4) is 11.4 Å². The molecule has 0 spiro atoms. The summed E-state index contributed by atoms with van der Waals surface area (Å²) in [6.07, 6.45) is 4.06. The fourth-order valence-corrected chi connectivity index (χ4v) is 2.49. The molecule has 3 rings (SSSR count). The fraction of sp³-hybridized carbons (Fsp3) is 0.385. The third-order valence-corrected chi connectivity index (χ3v) is 3.70. The molecule has 18 heavy (non-hydrogen) atoms. The predicted octanol–water partition coefficient (Wildman–Crippen LogP) is 3.12. The molecule has 1 aliphatic rings. The van der Waals surface area contributed by atoms with Gasteiger partial charge < -0.3 is 10.3 Å². The summed E-state index contributed by atoms with van der Waals surface area (Å²) in [5, 5.41) is 4.69. The van der Waals surface area contributed by atoms with Crippen molar-refractivity contribution in [2.24, 2.45) is 5.73 Å². The van der Waals surface area contributed by atoms with Gasteiger partial charge in [-0.05, 0) is 37.1 Å². The molecule has 0 bridgehead atoms. The maximum atomic E-state index is 6.28. The molecule has 0 atom stereocenters. The second-order valence-electron chi connectivity index (χ2n) is 4.79. The second-order valence-corrected chi connectivity index (χ2v) is 5.23. The molecule has 1 aromatic heterocycles. The lowest BCUT2D eigenvalue weighted by molar-refractivity contribution is 0.285. The summed E-state index contributed by atoms with van der Waals surface area (Å²) >= 11 is 5.85. The summed E-state index contributed by atoms with van der Waals surface area (Å²) < 4.78 is 5.32. The van der Waals surface area contributed by atoms with Crippen molar-refractivity contribution in [2.45, 2.75) is 31.2 Å². The Labute approximate surface area is 110 Å². The van der Waals surface area contributed by atoms with E-state index in [1.165, 1.54) is 0 Å². The minimum absolute atomic E-state index is 0.433. The van der Waals surface area contributed by atoms with Crippen LogP contribution in [0.25, 0.3) is 11.4 Å². The lowest BCUT2D eigenvalue weighted by Gasteiger charge is -2.17. The molecule has 1 aliphatic carbocycles. The van der Waals surface area contributed by atoms with Gasteiger partial charge >= 0.3 is 0 Å². The maximum absolute atomic E-state index is 6.28. The molecule has 1 aromatic carbocycles. The quantitative estimate of drug-likeness (QED) is 0.904. The van der Waals surface area contributed by atoms with Crippen LogP contribution in [0.4, 0.5) is 0 Å². The Bertz CT molecular complexity index is 544. The molecule has 0 amide bonds. The highest BCUT2D eigenvalue weighted by Crippen LogP contribution is 2.36. The van der Waals surface area contributed by atoms with E-state index in [1.807, 2.05) is 12.1 Å². The maximum Gasteiger partial charge on any atom is 0.247 e. The summed E-state index contributed by atoms with van der Waals surface area (Å²) in [5.74, 6) is 1.11. The summed E-state index contributed by atoms with van der Waals surface area (Å²) in [5.41, 5.74) is 6.73. The Hall–Kier alpha value is -1.39. The molecule has 0 saturated heterocycles. The van der Waals surface area contributed by atoms with Crippen molar-refractivity contribution in [3.05, 3.63) is 35.2 Å².